The van der Waals surface area contributed by atoms with Gasteiger partial charge in [0, 0.05) is 32.7 Å². The van der Waals surface area contributed by atoms with E-state index >= 15 is 0 Å². The highest BCUT2D eigenvalue weighted by Gasteiger charge is 2.32. The molecule has 0 spiro atoms. The van der Waals surface area contributed by atoms with Crippen LogP contribution in [0.3, 0.4) is 0 Å². The first kappa shape index (κ1) is 17.2. The molecule has 1 saturated heterocycles. The van der Waals surface area contributed by atoms with Crippen molar-refractivity contribution in [2.45, 2.75) is 52.0 Å². The van der Waals surface area contributed by atoms with Gasteiger partial charge in [-0.1, -0.05) is 20.3 Å². The monoisotopic (exact) mass is 317 g/mol. The molecule has 0 amide bonds. The maximum atomic E-state index is 12.6. The average molecular weight is 317 g/mol. The van der Waals surface area contributed by atoms with Crippen LogP contribution >= 0.6 is 0 Å². The fourth-order valence-electron chi connectivity index (χ4n) is 2.82. The van der Waals surface area contributed by atoms with E-state index in [1.165, 1.54) is 17.1 Å². The van der Waals surface area contributed by atoms with Crippen LogP contribution in [0, 0.1) is 11.8 Å². The van der Waals surface area contributed by atoms with Crippen LogP contribution in [0.2, 0.25) is 0 Å². The smallest absolute Gasteiger partial charge is 0.281 e. The van der Waals surface area contributed by atoms with Crippen LogP contribution in [-0.4, -0.2) is 56.3 Å². The quantitative estimate of drug-likeness (QED) is 0.741. The molecule has 1 N–H and O–H groups in total. The Bertz CT molecular complexity index is 415. The summed E-state index contributed by atoms with van der Waals surface area (Å²) < 4.78 is 28.3. The zero-order valence-electron chi connectivity index (χ0n) is 13.7. The lowest BCUT2D eigenvalue weighted by molar-refractivity contribution is 0.249. The van der Waals surface area contributed by atoms with Crippen LogP contribution in [0.15, 0.2) is 0 Å². The predicted octanol–water partition coefficient (Wildman–Crippen LogP) is 1.67. The van der Waals surface area contributed by atoms with Gasteiger partial charge in [-0.15, -0.1) is 0 Å². The van der Waals surface area contributed by atoms with Gasteiger partial charge in [0.1, 0.15) is 0 Å². The standard InChI is InChI=1S/C15H31N3O2S/c1-4-13(2)12-17(3)21(19,20)18-9-7-14(8-10-18)11-16-15-5-6-15/h13-16H,4-12H2,1-3H3. The van der Waals surface area contributed by atoms with E-state index in [9.17, 15) is 8.42 Å². The normalized spacial score (nSPS) is 23.6. The third kappa shape index (κ3) is 4.91. The Morgan fingerprint density at radius 2 is 1.86 bits per heavy atom. The Balaban J connectivity index is 1.78. The molecular weight excluding hydrogens is 286 g/mol. The number of piperidine rings is 1. The summed E-state index contributed by atoms with van der Waals surface area (Å²) in [5.41, 5.74) is 0. The molecule has 1 aliphatic heterocycles. The van der Waals surface area contributed by atoms with E-state index in [0.29, 0.717) is 31.5 Å². The molecular formula is C15H31N3O2S. The molecule has 0 radical (unpaired) electrons. The summed E-state index contributed by atoms with van der Waals surface area (Å²) in [4.78, 5) is 0. The van der Waals surface area contributed by atoms with Crippen molar-refractivity contribution in [2.75, 3.05) is 33.2 Å². The van der Waals surface area contributed by atoms with Crippen molar-refractivity contribution in [3.63, 3.8) is 0 Å². The second-order valence-corrected chi connectivity index (χ2v) is 8.86. The van der Waals surface area contributed by atoms with E-state index in [-0.39, 0.29) is 0 Å². The summed E-state index contributed by atoms with van der Waals surface area (Å²) in [6.45, 7) is 7.21. The van der Waals surface area contributed by atoms with E-state index in [1.54, 1.807) is 11.4 Å². The van der Waals surface area contributed by atoms with Gasteiger partial charge in [-0.2, -0.15) is 17.0 Å². The van der Waals surface area contributed by atoms with Gasteiger partial charge in [0.15, 0.2) is 0 Å². The first-order valence-electron chi connectivity index (χ1n) is 8.38. The molecule has 0 aromatic heterocycles. The second kappa shape index (κ2) is 7.40. The maximum absolute atomic E-state index is 12.6. The van der Waals surface area contributed by atoms with E-state index in [0.717, 1.165) is 31.8 Å². The highest BCUT2D eigenvalue weighted by molar-refractivity contribution is 7.86. The van der Waals surface area contributed by atoms with Gasteiger partial charge < -0.3 is 5.32 Å². The van der Waals surface area contributed by atoms with Crippen molar-refractivity contribution in [2.24, 2.45) is 11.8 Å². The van der Waals surface area contributed by atoms with Crippen LogP contribution in [0.1, 0.15) is 46.0 Å². The number of rotatable bonds is 8. The van der Waals surface area contributed by atoms with E-state index in [4.69, 9.17) is 0 Å². The number of nitrogens with one attached hydrogen (secondary N) is 1. The minimum atomic E-state index is -3.26. The molecule has 124 valence electrons. The topological polar surface area (TPSA) is 52.7 Å². The Kier molecular flexibility index (Phi) is 6.05. The zero-order valence-corrected chi connectivity index (χ0v) is 14.5. The molecule has 2 fully saturated rings. The first-order chi connectivity index (χ1) is 9.93. The van der Waals surface area contributed by atoms with Crippen LogP contribution in [0.4, 0.5) is 0 Å². The Hall–Kier alpha value is -0.170. The first-order valence-corrected chi connectivity index (χ1v) is 9.78. The summed E-state index contributed by atoms with van der Waals surface area (Å²) >= 11 is 0. The molecule has 5 nitrogen and oxygen atoms in total. The fraction of sp³-hybridized carbons (Fsp3) is 1.00. The molecule has 1 aliphatic carbocycles. The molecule has 1 unspecified atom stereocenters. The molecule has 1 heterocycles. The Morgan fingerprint density at radius 3 is 2.38 bits per heavy atom. The Labute approximate surface area is 130 Å². The highest BCUT2D eigenvalue weighted by atomic mass is 32.2. The van der Waals surface area contributed by atoms with Crippen LogP contribution in [0.5, 0.6) is 0 Å². The molecule has 2 rings (SSSR count). The van der Waals surface area contributed by atoms with Crippen molar-refractivity contribution in [1.82, 2.24) is 13.9 Å². The summed E-state index contributed by atoms with van der Waals surface area (Å²) in [5, 5.41) is 3.56. The number of hydrogen-bond donors (Lipinski definition) is 1. The van der Waals surface area contributed by atoms with Gasteiger partial charge in [-0.3, -0.25) is 0 Å². The van der Waals surface area contributed by atoms with Crippen LogP contribution in [-0.2, 0) is 10.2 Å². The molecule has 0 aromatic carbocycles. The third-order valence-electron chi connectivity index (χ3n) is 4.83. The number of hydrogen-bond acceptors (Lipinski definition) is 3. The van der Waals surface area contributed by atoms with Crippen LogP contribution < -0.4 is 5.32 Å². The molecule has 6 heteroatoms. The Morgan fingerprint density at radius 1 is 1.24 bits per heavy atom. The van der Waals surface area contributed by atoms with Gasteiger partial charge in [0.25, 0.3) is 10.2 Å². The highest BCUT2D eigenvalue weighted by Crippen LogP contribution is 2.23. The largest absolute Gasteiger partial charge is 0.314 e. The van der Waals surface area contributed by atoms with E-state index in [2.05, 4.69) is 19.2 Å². The summed E-state index contributed by atoms with van der Waals surface area (Å²) in [6, 6.07) is 0.744. The van der Waals surface area contributed by atoms with Gasteiger partial charge in [-0.25, -0.2) is 0 Å². The van der Waals surface area contributed by atoms with Gasteiger partial charge in [-0.05, 0) is 44.1 Å². The fourth-order valence-corrected chi connectivity index (χ4v) is 4.33. The maximum Gasteiger partial charge on any atom is 0.281 e. The minimum Gasteiger partial charge on any atom is -0.314 e. The van der Waals surface area contributed by atoms with Gasteiger partial charge in [0.2, 0.25) is 0 Å². The van der Waals surface area contributed by atoms with E-state index < -0.39 is 10.2 Å². The van der Waals surface area contributed by atoms with Crippen molar-refractivity contribution in [3.05, 3.63) is 0 Å². The molecule has 0 aromatic rings. The minimum absolute atomic E-state index is 0.407. The molecule has 21 heavy (non-hydrogen) atoms. The van der Waals surface area contributed by atoms with Crippen molar-refractivity contribution in [1.29, 1.82) is 0 Å². The van der Waals surface area contributed by atoms with Gasteiger partial charge >= 0.3 is 0 Å². The summed E-state index contributed by atoms with van der Waals surface area (Å²) in [5.74, 6) is 1.04. The molecule has 1 saturated carbocycles. The van der Waals surface area contributed by atoms with Crippen LogP contribution in [0.25, 0.3) is 0 Å². The van der Waals surface area contributed by atoms with Crippen molar-refractivity contribution >= 4 is 10.2 Å². The second-order valence-electron chi connectivity index (χ2n) is 6.83. The summed E-state index contributed by atoms with van der Waals surface area (Å²) in [7, 11) is -1.55. The van der Waals surface area contributed by atoms with Crippen molar-refractivity contribution in [3.8, 4) is 0 Å². The zero-order chi connectivity index (χ0) is 15.5. The molecule has 0 bridgehead atoms. The van der Waals surface area contributed by atoms with Gasteiger partial charge in [0.05, 0.1) is 0 Å². The van der Waals surface area contributed by atoms with Crippen molar-refractivity contribution < 1.29 is 8.42 Å². The predicted molar refractivity (Wildman–Crippen MR) is 86.3 cm³/mol. The lowest BCUT2D eigenvalue weighted by Gasteiger charge is -2.34. The summed E-state index contributed by atoms with van der Waals surface area (Å²) in [6.07, 6.45) is 5.60. The number of nitrogens with zero attached hydrogens (tertiary/aromatic N) is 2. The third-order valence-corrected chi connectivity index (χ3v) is 6.79. The van der Waals surface area contributed by atoms with E-state index in [1.807, 2.05) is 0 Å². The lowest BCUT2D eigenvalue weighted by Crippen LogP contribution is -2.47. The molecule has 1 atom stereocenters. The lowest BCUT2D eigenvalue weighted by atomic mass is 9.98. The average Bonchev–Trinajstić information content (AvgIpc) is 3.29. The molecule has 2 aliphatic rings. The SMILES string of the molecule is CCC(C)CN(C)S(=O)(=O)N1CCC(CNC2CC2)CC1.